The number of aromatic nitrogens is 1. The lowest BCUT2D eigenvalue weighted by Crippen LogP contribution is -2.18. The summed E-state index contributed by atoms with van der Waals surface area (Å²) in [6.07, 6.45) is 4.67. The first kappa shape index (κ1) is 10.8. The highest BCUT2D eigenvalue weighted by molar-refractivity contribution is 5.22. The minimum Gasteiger partial charge on any atom is -0.313 e. The Morgan fingerprint density at radius 2 is 1.75 bits per heavy atom. The molecule has 2 rings (SSSR count). The highest BCUT2D eigenvalue weighted by Crippen LogP contribution is 2.17. The molecule has 1 atom stereocenters. The van der Waals surface area contributed by atoms with Crippen LogP contribution in [-0.2, 0) is 6.42 Å². The maximum absolute atomic E-state index is 4.03. The molecule has 0 fully saturated rings. The molecule has 1 heterocycles. The van der Waals surface area contributed by atoms with Crippen LogP contribution < -0.4 is 5.32 Å². The van der Waals surface area contributed by atoms with Crippen molar-refractivity contribution >= 4 is 0 Å². The molecular weight excluding hydrogens is 196 g/mol. The van der Waals surface area contributed by atoms with Gasteiger partial charge in [-0.05, 0) is 36.7 Å². The fourth-order valence-electron chi connectivity index (χ4n) is 1.83. The van der Waals surface area contributed by atoms with Crippen molar-refractivity contribution in [1.29, 1.82) is 0 Å². The molecule has 0 spiro atoms. The van der Waals surface area contributed by atoms with Gasteiger partial charge in [-0.2, -0.15) is 0 Å². The first-order valence-electron chi connectivity index (χ1n) is 5.51. The summed E-state index contributed by atoms with van der Waals surface area (Å²) in [4.78, 5) is 4.03. The van der Waals surface area contributed by atoms with E-state index >= 15 is 0 Å². The van der Waals surface area contributed by atoms with Gasteiger partial charge >= 0.3 is 0 Å². The van der Waals surface area contributed by atoms with Gasteiger partial charge < -0.3 is 5.32 Å². The van der Waals surface area contributed by atoms with Crippen LogP contribution in [0.25, 0.3) is 0 Å². The zero-order chi connectivity index (χ0) is 11.2. The molecule has 0 amide bonds. The fourth-order valence-corrected chi connectivity index (χ4v) is 1.83. The van der Waals surface area contributed by atoms with Gasteiger partial charge in [-0.1, -0.05) is 30.3 Å². The number of rotatable bonds is 4. The van der Waals surface area contributed by atoms with Crippen molar-refractivity contribution in [3.63, 3.8) is 0 Å². The van der Waals surface area contributed by atoms with Gasteiger partial charge in [0.2, 0.25) is 0 Å². The molecule has 82 valence electrons. The summed E-state index contributed by atoms with van der Waals surface area (Å²) >= 11 is 0. The lowest BCUT2D eigenvalue weighted by atomic mass is 10.00. The molecule has 1 aromatic carbocycles. The van der Waals surface area contributed by atoms with E-state index < -0.39 is 0 Å². The first-order valence-corrected chi connectivity index (χ1v) is 5.51. The van der Waals surface area contributed by atoms with Crippen LogP contribution in [0.2, 0.25) is 0 Å². The van der Waals surface area contributed by atoms with E-state index in [1.165, 1.54) is 11.1 Å². The SMILES string of the molecule is CNC(Cc1ccncc1)c1ccccc1. The third kappa shape index (κ3) is 2.67. The van der Waals surface area contributed by atoms with Crippen molar-refractivity contribution in [2.45, 2.75) is 12.5 Å². The number of hydrogen-bond donors (Lipinski definition) is 1. The summed E-state index contributed by atoms with van der Waals surface area (Å²) in [7, 11) is 2.00. The van der Waals surface area contributed by atoms with Gasteiger partial charge in [0.25, 0.3) is 0 Å². The quantitative estimate of drug-likeness (QED) is 0.842. The van der Waals surface area contributed by atoms with Gasteiger partial charge in [0.05, 0.1) is 0 Å². The largest absolute Gasteiger partial charge is 0.313 e. The van der Waals surface area contributed by atoms with E-state index in [-0.39, 0.29) is 0 Å². The highest BCUT2D eigenvalue weighted by Gasteiger charge is 2.08. The number of benzene rings is 1. The van der Waals surface area contributed by atoms with Crippen LogP contribution >= 0.6 is 0 Å². The molecule has 1 unspecified atom stereocenters. The smallest absolute Gasteiger partial charge is 0.0358 e. The van der Waals surface area contributed by atoms with E-state index in [9.17, 15) is 0 Å². The van der Waals surface area contributed by atoms with Crippen LogP contribution in [0, 0.1) is 0 Å². The maximum Gasteiger partial charge on any atom is 0.0358 e. The molecule has 2 nitrogen and oxygen atoms in total. The van der Waals surface area contributed by atoms with E-state index in [4.69, 9.17) is 0 Å². The van der Waals surface area contributed by atoms with Crippen LogP contribution in [0.15, 0.2) is 54.9 Å². The molecule has 2 aromatic rings. The summed E-state index contributed by atoms with van der Waals surface area (Å²) in [6.45, 7) is 0. The number of nitrogens with one attached hydrogen (secondary N) is 1. The third-order valence-corrected chi connectivity index (χ3v) is 2.74. The van der Waals surface area contributed by atoms with E-state index in [2.05, 4.69) is 46.7 Å². The van der Waals surface area contributed by atoms with Crippen molar-refractivity contribution in [3.8, 4) is 0 Å². The highest BCUT2D eigenvalue weighted by atomic mass is 14.9. The predicted molar refractivity (Wildman–Crippen MR) is 66.2 cm³/mol. The van der Waals surface area contributed by atoms with Crippen LogP contribution in [-0.4, -0.2) is 12.0 Å². The number of likely N-dealkylation sites (N-methyl/N-ethyl adjacent to an activating group) is 1. The van der Waals surface area contributed by atoms with Gasteiger partial charge in [0, 0.05) is 18.4 Å². The van der Waals surface area contributed by atoms with Gasteiger partial charge in [0.1, 0.15) is 0 Å². The number of pyridine rings is 1. The summed E-state index contributed by atoms with van der Waals surface area (Å²) in [5.74, 6) is 0. The predicted octanol–water partition coefficient (Wildman–Crippen LogP) is 2.58. The second kappa shape index (κ2) is 5.42. The van der Waals surface area contributed by atoms with Crippen molar-refractivity contribution < 1.29 is 0 Å². The lowest BCUT2D eigenvalue weighted by molar-refractivity contribution is 0.592. The minimum atomic E-state index is 0.364. The van der Waals surface area contributed by atoms with E-state index in [1.807, 2.05) is 25.5 Å². The summed E-state index contributed by atoms with van der Waals surface area (Å²) < 4.78 is 0. The summed E-state index contributed by atoms with van der Waals surface area (Å²) in [6, 6.07) is 15.0. The summed E-state index contributed by atoms with van der Waals surface area (Å²) in [5, 5.41) is 3.35. The molecule has 0 aliphatic heterocycles. The fraction of sp³-hybridized carbons (Fsp3) is 0.214. The molecule has 0 radical (unpaired) electrons. The molecule has 0 aliphatic carbocycles. The standard InChI is InChI=1S/C14H16N2/c1-15-14(13-5-3-2-4-6-13)11-12-7-9-16-10-8-12/h2-10,14-15H,11H2,1H3. The van der Waals surface area contributed by atoms with Crippen LogP contribution in [0.3, 0.4) is 0 Å². The molecule has 0 saturated heterocycles. The van der Waals surface area contributed by atoms with Gasteiger partial charge in [-0.3, -0.25) is 4.98 Å². The third-order valence-electron chi connectivity index (χ3n) is 2.74. The average Bonchev–Trinajstić information content (AvgIpc) is 2.38. The zero-order valence-electron chi connectivity index (χ0n) is 9.43. The Bertz CT molecular complexity index is 411. The Morgan fingerprint density at radius 1 is 1.06 bits per heavy atom. The van der Waals surface area contributed by atoms with Gasteiger partial charge in [-0.25, -0.2) is 0 Å². The monoisotopic (exact) mass is 212 g/mol. The molecule has 0 saturated carbocycles. The van der Waals surface area contributed by atoms with Crippen molar-refractivity contribution in [3.05, 3.63) is 66.0 Å². The molecule has 1 N–H and O–H groups in total. The normalized spacial score (nSPS) is 12.3. The Kier molecular flexibility index (Phi) is 3.67. The van der Waals surface area contributed by atoms with Crippen LogP contribution in [0.1, 0.15) is 17.2 Å². The molecule has 16 heavy (non-hydrogen) atoms. The van der Waals surface area contributed by atoms with Gasteiger partial charge in [-0.15, -0.1) is 0 Å². The van der Waals surface area contributed by atoms with E-state index in [0.29, 0.717) is 6.04 Å². The average molecular weight is 212 g/mol. The second-order valence-electron chi connectivity index (χ2n) is 3.81. The molecular formula is C14H16N2. The zero-order valence-corrected chi connectivity index (χ0v) is 9.43. The molecule has 0 bridgehead atoms. The first-order chi connectivity index (χ1) is 7.90. The van der Waals surface area contributed by atoms with Crippen molar-refractivity contribution in [2.24, 2.45) is 0 Å². The van der Waals surface area contributed by atoms with Crippen LogP contribution in [0.5, 0.6) is 0 Å². The summed E-state index contributed by atoms with van der Waals surface area (Å²) in [5.41, 5.74) is 2.63. The molecule has 0 aliphatic rings. The Balaban J connectivity index is 2.13. The molecule has 2 heteroatoms. The van der Waals surface area contributed by atoms with Crippen molar-refractivity contribution in [1.82, 2.24) is 10.3 Å². The van der Waals surface area contributed by atoms with E-state index in [1.54, 1.807) is 0 Å². The number of hydrogen-bond acceptors (Lipinski definition) is 2. The van der Waals surface area contributed by atoms with Crippen LogP contribution in [0.4, 0.5) is 0 Å². The molecule has 1 aromatic heterocycles. The number of nitrogens with zero attached hydrogens (tertiary/aromatic N) is 1. The maximum atomic E-state index is 4.03. The van der Waals surface area contributed by atoms with Crippen molar-refractivity contribution in [2.75, 3.05) is 7.05 Å². The topological polar surface area (TPSA) is 24.9 Å². The van der Waals surface area contributed by atoms with E-state index in [0.717, 1.165) is 6.42 Å². The lowest BCUT2D eigenvalue weighted by Gasteiger charge is -2.16. The van der Waals surface area contributed by atoms with Gasteiger partial charge in [0.15, 0.2) is 0 Å². The Labute approximate surface area is 96.4 Å². The Morgan fingerprint density at radius 3 is 2.38 bits per heavy atom. The second-order valence-corrected chi connectivity index (χ2v) is 3.81. The Hall–Kier alpha value is -1.67. The minimum absolute atomic E-state index is 0.364.